The standard InChI is InChI=1S/C27H28N2O5/c1-18-14-15-22-20(10-6-12-24(31)32)21(11-7-13-25(33)34-2)26-23(17-30)28(27(18)29(22)26)16-19-8-4-3-5-9-19/h3-5,8-9,14-15H,6-7,10-13,16H2,1-2H3,(H,31,32). The largest absolute Gasteiger partial charge is 0.481 e. The molecular formula is C27H28N2O5. The van der Waals surface area contributed by atoms with E-state index in [1.165, 1.54) is 7.11 Å². The minimum Gasteiger partial charge on any atom is -0.481 e. The van der Waals surface area contributed by atoms with Crippen molar-refractivity contribution >= 4 is 34.6 Å². The van der Waals surface area contributed by atoms with Crippen molar-refractivity contribution in [2.75, 3.05) is 7.11 Å². The van der Waals surface area contributed by atoms with E-state index in [2.05, 4.69) is 10.3 Å². The highest BCUT2D eigenvalue weighted by Crippen LogP contribution is 2.31. The fourth-order valence-electron chi connectivity index (χ4n) is 4.85. The summed E-state index contributed by atoms with van der Waals surface area (Å²) >= 11 is 0. The molecule has 34 heavy (non-hydrogen) atoms. The zero-order valence-corrected chi connectivity index (χ0v) is 19.5. The summed E-state index contributed by atoms with van der Waals surface area (Å²) in [7, 11) is 1.37. The van der Waals surface area contributed by atoms with Gasteiger partial charge in [0.25, 0.3) is 0 Å². The van der Waals surface area contributed by atoms with Crippen LogP contribution in [0.3, 0.4) is 0 Å². The van der Waals surface area contributed by atoms with Crippen LogP contribution in [0.4, 0.5) is 0 Å². The number of pyridine rings is 1. The van der Waals surface area contributed by atoms with Gasteiger partial charge in [-0.2, -0.15) is 0 Å². The molecule has 1 N–H and O–H groups in total. The summed E-state index contributed by atoms with van der Waals surface area (Å²) in [5, 5.41) is 9.61. The number of aliphatic carboxylic acids is 1. The fourth-order valence-corrected chi connectivity index (χ4v) is 4.85. The molecule has 0 bridgehead atoms. The first kappa shape index (κ1) is 23.3. The van der Waals surface area contributed by atoms with Crippen molar-refractivity contribution in [3.63, 3.8) is 0 Å². The zero-order chi connectivity index (χ0) is 24.2. The summed E-state index contributed by atoms with van der Waals surface area (Å²) < 4.78 is 8.91. The molecule has 0 aliphatic carbocycles. The summed E-state index contributed by atoms with van der Waals surface area (Å²) in [6, 6.07) is 14.0. The lowest BCUT2D eigenvalue weighted by molar-refractivity contribution is -0.140. The molecule has 0 aliphatic rings. The fraction of sp³-hybridized carbons (Fsp3) is 0.333. The lowest BCUT2D eigenvalue weighted by atomic mass is 9.99. The number of rotatable bonds is 10. The van der Waals surface area contributed by atoms with Crippen LogP contribution in [0.25, 0.3) is 16.7 Å². The monoisotopic (exact) mass is 460 g/mol. The maximum atomic E-state index is 12.4. The number of ether oxygens (including phenoxy) is 1. The van der Waals surface area contributed by atoms with Gasteiger partial charge in [0, 0.05) is 12.8 Å². The molecule has 1 aromatic carbocycles. The maximum absolute atomic E-state index is 12.4. The number of nitrogens with zero attached hydrogens (tertiary/aromatic N) is 2. The number of imidazole rings is 1. The van der Waals surface area contributed by atoms with Gasteiger partial charge >= 0.3 is 11.9 Å². The molecule has 3 aromatic heterocycles. The van der Waals surface area contributed by atoms with E-state index in [1.807, 2.05) is 54.0 Å². The Morgan fingerprint density at radius 1 is 1.00 bits per heavy atom. The quantitative estimate of drug-likeness (QED) is 0.367. The number of methoxy groups -OCH3 is 1. The van der Waals surface area contributed by atoms with Crippen molar-refractivity contribution in [3.05, 3.63) is 70.1 Å². The summed E-state index contributed by atoms with van der Waals surface area (Å²) in [5.41, 5.74) is 6.82. The molecule has 4 rings (SSSR count). The van der Waals surface area contributed by atoms with Crippen molar-refractivity contribution in [3.8, 4) is 0 Å². The Morgan fingerprint density at radius 2 is 1.71 bits per heavy atom. The van der Waals surface area contributed by atoms with E-state index in [4.69, 9.17) is 9.84 Å². The second-order valence-corrected chi connectivity index (χ2v) is 8.57. The number of carbonyl (C=O) groups is 2. The number of carboxylic acid groups (broad SMARTS) is 1. The van der Waals surface area contributed by atoms with E-state index in [-0.39, 0.29) is 18.8 Å². The number of carboxylic acids is 1. The molecule has 7 nitrogen and oxygen atoms in total. The molecule has 0 aliphatic heterocycles. The van der Waals surface area contributed by atoms with Crippen LogP contribution in [-0.2, 0) is 38.5 Å². The summed E-state index contributed by atoms with van der Waals surface area (Å²) in [4.78, 5) is 35.2. The molecule has 0 amide bonds. The smallest absolute Gasteiger partial charge is 0.305 e. The average Bonchev–Trinajstić information content (AvgIpc) is 3.31. The molecular weight excluding hydrogens is 432 g/mol. The third-order valence-corrected chi connectivity index (χ3v) is 6.36. The Morgan fingerprint density at radius 3 is 2.38 bits per heavy atom. The van der Waals surface area contributed by atoms with Gasteiger partial charge in [-0.05, 0) is 60.9 Å². The highest BCUT2D eigenvalue weighted by Gasteiger charge is 2.23. The Bertz CT molecular complexity index is 1420. The highest BCUT2D eigenvalue weighted by atomic mass is 16.5. The van der Waals surface area contributed by atoms with Gasteiger partial charge in [0.2, 0.25) is 0 Å². The van der Waals surface area contributed by atoms with Gasteiger partial charge < -0.3 is 14.4 Å². The van der Waals surface area contributed by atoms with Gasteiger partial charge in [0.1, 0.15) is 5.65 Å². The van der Waals surface area contributed by atoms with Gasteiger partial charge in [0.05, 0.1) is 24.7 Å². The molecule has 0 spiro atoms. The first-order chi connectivity index (χ1) is 16.5. The Hall–Kier alpha value is -3.83. The molecule has 0 radical (unpaired) electrons. The van der Waals surface area contributed by atoms with Crippen molar-refractivity contribution in [1.82, 2.24) is 8.97 Å². The lowest BCUT2D eigenvalue weighted by Crippen LogP contribution is -2.20. The number of esters is 1. The van der Waals surface area contributed by atoms with Gasteiger partial charge in [-0.15, -0.1) is 0 Å². The van der Waals surface area contributed by atoms with Crippen LogP contribution >= 0.6 is 0 Å². The maximum Gasteiger partial charge on any atom is 0.305 e. The predicted octanol–water partition coefficient (Wildman–Crippen LogP) is 3.38. The minimum atomic E-state index is -0.831. The number of carbonyl (C=O) groups excluding carboxylic acids is 2. The van der Waals surface area contributed by atoms with Crippen LogP contribution in [0.15, 0.2) is 42.5 Å². The number of aryl methyl sites for hydroxylation is 3. The molecule has 3 heterocycles. The molecule has 0 atom stereocenters. The van der Waals surface area contributed by atoms with E-state index in [1.54, 1.807) is 0 Å². The van der Waals surface area contributed by atoms with Crippen LogP contribution in [-0.4, -0.2) is 39.1 Å². The Balaban J connectivity index is 1.92. The van der Waals surface area contributed by atoms with Crippen LogP contribution in [0.1, 0.15) is 47.9 Å². The topological polar surface area (TPSA) is 90.0 Å². The van der Waals surface area contributed by atoms with Crippen LogP contribution in [0.5, 0.6) is 0 Å². The Kier molecular flexibility index (Phi) is 6.85. The first-order valence-electron chi connectivity index (χ1n) is 11.5. The SMILES string of the molecule is COC(=O)CCCc1c(CCCC(=O)O)c2ccc(C)c3n(Cc4ccccc4)c(=C=O)c1n23. The van der Waals surface area contributed by atoms with Crippen molar-refractivity contribution in [1.29, 1.82) is 0 Å². The second kappa shape index (κ2) is 9.98. The number of hydrogen-bond acceptors (Lipinski definition) is 4. The van der Waals surface area contributed by atoms with Crippen LogP contribution in [0, 0.1) is 6.92 Å². The second-order valence-electron chi connectivity index (χ2n) is 8.57. The highest BCUT2D eigenvalue weighted by molar-refractivity contribution is 5.84. The van der Waals surface area contributed by atoms with Gasteiger partial charge in [-0.1, -0.05) is 36.4 Å². The van der Waals surface area contributed by atoms with Crippen LogP contribution in [0.2, 0.25) is 0 Å². The normalized spacial score (nSPS) is 11.2. The van der Waals surface area contributed by atoms with Gasteiger partial charge in [-0.3, -0.25) is 14.0 Å². The third-order valence-electron chi connectivity index (χ3n) is 6.36. The first-order valence-corrected chi connectivity index (χ1v) is 11.5. The van der Waals surface area contributed by atoms with Gasteiger partial charge in [-0.25, -0.2) is 4.79 Å². The molecule has 4 aromatic rings. The van der Waals surface area contributed by atoms with Crippen molar-refractivity contribution < 1.29 is 24.2 Å². The molecule has 7 heteroatoms. The number of benzene rings is 1. The summed E-state index contributed by atoms with van der Waals surface area (Å²) in [6.07, 6.45) is 2.57. The molecule has 176 valence electrons. The van der Waals surface area contributed by atoms with E-state index >= 15 is 0 Å². The van der Waals surface area contributed by atoms with Crippen LogP contribution < -0.4 is 5.35 Å². The molecule has 0 unspecified atom stereocenters. The van der Waals surface area contributed by atoms with E-state index in [9.17, 15) is 14.4 Å². The molecule has 0 saturated carbocycles. The molecule has 0 saturated heterocycles. The molecule has 0 fully saturated rings. The Labute approximate surface area is 197 Å². The number of aromatic nitrogens is 2. The van der Waals surface area contributed by atoms with E-state index in [0.29, 0.717) is 37.6 Å². The minimum absolute atomic E-state index is 0.0729. The predicted molar refractivity (Wildman–Crippen MR) is 129 cm³/mol. The van der Waals surface area contributed by atoms with E-state index in [0.717, 1.165) is 38.9 Å². The van der Waals surface area contributed by atoms with Crippen molar-refractivity contribution in [2.45, 2.75) is 52.0 Å². The third kappa shape index (κ3) is 4.35. The lowest BCUT2D eigenvalue weighted by Gasteiger charge is -2.10. The van der Waals surface area contributed by atoms with Gasteiger partial charge in [0.15, 0.2) is 11.3 Å². The van der Waals surface area contributed by atoms with Crippen molar-refractivity contribution in [2.24, 2.45) is 0 Å². The summed E-state index contributed by atoms with van der Waals surface area (Å²) in [6.45, 7) is 2.55. The average molecular weight is 461 g/mol. The number of hydrogen-bond donors (Lipinski definition) is 1. The zero-order valence-electron chi connectivity index (χ0n) is 19.5. The summed E-state index contributed by atoms with van der Waals surface area (Å²) in [5.74, 6) is 1.08. The van der Waals surface area contributed by atoms with E-state index < -0.39 is 5.97 Å².